The van der Waals surface area contributed by atoms with Gasteiger partial charge in [0.15, 0.2) is 0 Å². The lowest BCUT2D eigenvalue weighted by Crippen LogP contribution is -2.22. The van der Waals surface area contributed by atoms with Crippen LogP contribution in [-0.4, -0.2) is 18.9 Å². The third-order valence-corrected chi connectivity index (χ3v) is 2.16. The molecule has 12 heavy (non-hydrogen) atoms. The number of rotatable bonds is 4. The molecule has 0 amide bonds. The Hall–Kier alpha value is -0.530. The molecule has 0 fully saturated rings. The monoisotopic (exact) mass is 168 g/mol. The number of nitrogens with one attached hydrogen (secondary N) is 1. The molecular formula is C10H20N2. The van der Waals surface area contributed by atoms with Crippen LogP contribution in [0.4, 0.5) is 0 Å². The first-order valence-electron chi connectivity index (χ1n) is 5.06. The normalized spacial score (nSPS) is 16.8. The molecule has 0 spiro atoms. The Morgan fingerprint density at radius 1 is 1.50 bits per heavy atom. The molecule has 0 radical (unpaired) electrons. The standard InChI is InChI=1S/C10H20N2/c1-9(2)5-3-7-11-10-6-4-8-12-10/h9H,3-8H2,1-2H3,(H,11,12). The van der Waals surface area contributed by atoms with Crippen molar-refractivity contribution in [2.45, 2.75) is 39.5 Å². The second-order valence-corrected chi connectivity index (χ2v) is 3.89. The third kappa shape index (κ3) is 3.74. The molecule has 1 rings (SSSR count). The van der Waals surface area contributed by atoms with E-state index in [1.807, 2.05) is 0 Å². The van der Waals surface area contributed by atoms with Crippen molar-refractivity contribution in [3.05, 3.63) is 0 Å². The second kappa shape index (κ2) is 5.18. The zero-order valence-electron chi connectivity index (χ0n) is 8.27. The van der Waals surface area contributed by atoms with Crippen molar-refractivity contribution in [1.29, 1.82) is 0 Å². The topological polar surface area (TPSA) is 24.4 Å². The van der Waals surface area contributed by atoms with E-state index in [0.29, 0.717) is 0 Å². The van der Waals surface area contributed by atoms with Crippen LogP contribution in [0.2, 0.25) is 0 Å². The van der Waals surface area contributed by atoms with Gasteiger partial charge in [0, 0.05) is 19.5 Å². The van der Waals surface area contributed by atoms with Gasteiger partial charge < -0.3 is 5.32 Å². The van der Waals surface area contributed by atoms with E-state index >= 15 is 0 Å². The Morgan fingerprint density at radius 3 is 2.92 bits per heavy atom. The van der Waals surface area contributed by atoms with E-state index in [-0.39, 0.29) is 0 Å². The van der Waals surface area contributed by atoms with Gasteiger partial charge in [0.25, 0.3) is 0 Å². The fourth-order valence-electron chi connectivity index (χ4n) is 1.43. The van der Waals surface area contributed by atoms with Gasteiger partial charge in [0.05, 0.1) is 5.84 Å². The molecule has 2 nitrogen and oxygen atoms in total. The van der Waals surface area contributed by atoms with Crippen LogP contribution in [0.25, 0.3) is 0 Å². The summed E-state index contributed by atoms with van der Waals surface area (Å²) in [6.45, 7) is 6.68. The van der Waals surface area contributed by atoms with Gasteiger partial charge >= 0.3 is 0 Å². The molecule has 0 saturated carbocycles. The minimum atomic E-state index is 0.831. The molecule has 0 aliphatic carbocycles. The highest BCUT2D eigenvalue weighted by atomic mass is 15.0. The van der Waals surface area contributed by atoms with Crippen molar-refractivity contribution >= 4 is 5.84 Å². The van der Waals surface area contributed by atoms with Crippen molar-refractivity contribution in [3.63, 3.8) is 0 Å². The molecule has 0 unspecified atom stereocenters. The maximum Gasteiger partial charge on any atom is 0.0963 e. The minimum Gasteiger partial charge on any atom is -0.374 e. The Morgan fingerprint density at radius 2 is 2.33 bits per heavy atom. The first-order valence-corrected chi connectivity index (χ1v) is 5.06. The molecule has 0 atom stereocenters. The zero-order chi connectivity index (χ0) is 8.81. The van der Waals surface area contributed by atoms with Crippen LogP contribution in [0.3, 0.4) is 0 Å². The van der Waals surface area contributed by atoms with E-state index in [4.69, 9.17) is 0 Å². The molecule has 1 N–H and O–H groups in total. The van der Waals surface area contributed by atoms with Crippen LogP contribution in [0.1, 0.15) is 39.5 Å². The molecule has 0 aromatic heterocycles. The molecule has 70 valence electrons. The number of aliphatic imine (C=N–C) groups is 1. The summed E-state index contributed by atoms with van der Waals surface area (Å²) in [6, 6.07) is 0. The Bertz CT molecular complexity index is 150. The fraction of sp³-hybridized carbons (Fsp3) is 0.900. The average Bonchev–Trinajstić information content (AvgIpc) is 2.49. The van der Waals surface area contributed by atoms with E-state index in [0.717, 1.165) is 19.0 Å². The molecular weight excluding hydrogens is 148 g/mol. The van der Waals surface area contributed by atoms with Crippen molar-refractivity contribution < 1.29 is 0 Å². The van der Waals surface area contributed by atoms with E-state index in [9.17, 15) is 0 Å². The number of nitrogens with zero attached hydrogens (tertiary/aromatic N) is 1. The summed E-state index contributed by atoms with van der Waals surface area (Å²) in [4.78, 5) is 4.36. The van der Waals surface area contributed by atoms with Crippen LogP contribution in [0, 0.1) is 5.92 Å². The maximum absolute atomic E-state index is 4.36. The van der Waals surface area contributed by atoms with Crippen molar-refractivity contribution in [1.82, 2.24) is 5.32 Å². The Labute approximate surface area is 75.5 Å². The van der Waals surface area contributed by atoms with Crippen LogP contribution >= 0.6 is 0 Å². The van der Waals surface area contributed by atoms with E-state index in [1.165, 1.54) is 31.5 Å². The SMILES string of the molecule is CC(C)CCCNC1=NCCC1. The first kappa shape index (κ1) is 9.56. The highest BCUT2D eigenvalue weighted by Gasteiger charge is 2.04. The maximum atomic E-state index is 4.36. The summed E-state index contributed by atoms with van der Waals surface area (Å²) >= 11 is 0. The van der Waals surface area contributed by atoms with Gasteiger partial charge in [0.2, 0.25) is 0 Å². The molecule has 0 aromatic carbocycles. The highest BCUT2D eigenvalue weighted by molar-refractivity contribution is 5.83. The molecule has 0 bridgehead atoms. The van der Waals surface area contributed by atoms with Gasteiger partial charge in [-0.15, -0.1) is 0 Å². The van der Waals surface area contributed by atoms with Gasteiger partial charge in [-0.3, -0.25) is 4.99 Å². The van der Waals surface area contributed by atoms with Crippen molar-refractivity contribution in [2.24, 2.45) is 10.9 Å². The fourth-order valence-corrected chi connectivity index (χ4v) is 1.43. The molecule has 1 aliphatic rings. The summed E-state index contributed by atoms with van der Waals surface area (Å²) in [5, 5.41) is 3.39. The van der Waals surface area contributed by atoms with Crippen LogP contribution < -0.4 is 5.32 Å². The summed E-state index contributed by atoms with van der Waals surface area (Å²) in [7, 11) is 0. The largest absolute Gasteiger partial charge is 0.374 e. The Balaban J connectivity index is 1.95. The number of amidine groups is 1. The highest BCUT2D eigenvalue weighted by Crippen LogP contribution is 2.04. The zero-order valence-corrected chi connectivity index (χ0v) is 8.27. The van der Waals surface area contributed by atoms with Gasteiger partial charge in [-0.1, -0.05) is 13.8 Å². The smallest absolute Gasteiger partial charge is 0.0963 e. The lowest BCUT2D eigenvalue weighted by molar-refractivity contribution is 0.551. The van der Waals surface area contributed by atoms with Crippen molar-refractivity contribution in [2.75, 3.05) is 13.1 Å². The molecule has 2 heteroatoms. The summed E-state index contributed by atoms with van der Waals surface area (Å²) in [5.74, 6) is 2.07. The van der Waals surface area contributed by atoms with Crippen LogP contribution in [0.5, 0.6) is 0 Å². The summed E-state index contributed by atoms with van der Waals surface area (Å²) in [5.41, 5.74) is 0. The van der Waals surface area contributed by atoms with E-state index in [2.05, 4.69) is 24.2 Å². The van der Waals surface area contributed by atoms with Gasteiger partial charge in [-0.2, -0.15) is 0 Å². The Kier molecular flexibility index (Phi) is 4.12. The third-order valence-electron chi connectivity index (χ3n) is 2.16. The first-order chi connectivity index (χ1) is 5.79. The van der Waals surface area contributed by atoms with Crippen LogP contribution in [0.15, 0.2) is 4.99 Å². The van der Waals surface area contributed by atoms with Gasteiger partial charge in [-0.05, 0) is 25.2 Å². The number of hydrogen-bond donors (Lipinski definition) is 1. The van der Waals surface area contributed by atoms with Gasteiger partial charge in [0.1, 0.15) is 0 Å². The second-order valence-electron chi connectivity index (χ2n) is 3.89. The molecule has 0 aromatic rings. The van der Waals surface area contributed by atoms with Gasteiger partial charge in [-0.25, -0.2) is 0 Å². The number of hydrogen-bond acceptors (Lipinski definition) is 2. The average molecular weight is 168 g/mol. The minimum absolute atomic E-state index is 0.831. The van der Waals surface area contributed by atoms with E-state index < -0.39 is 0 Å². The lowest BCUT2D eigenvalue weighted by atomic mass is 10.1. The summed E-state index contributed by atoms with van der Waals surface area (Å²) < 4.78 is 0. The summed E-state index contributed by atoms with van der Waals surface area (Å²) in [6.07, 6.45) is 5.01. The molecule has 0 saturated heterocycles. The van der Waals surface area contributed by atoms with E-state index in [1.54, 1.807) is 0 Å². The molecule has 1 aliphatic heterocycles. The predicted molar refractivity (Wildman–Crippen MR) is 53.6 cm³/mol. The lowest BCUT2D eigenvalue weighted by Gasteiger charge is -2.06. The van der Waals surface area contributed by atoms with Crippen LogP contribution in [-0.2, 0) is 0 Å². The predicted octanol–water partition coefficient (Wildman–Crippen LogP) is 2.20. The molecule has 1 heterocycles. The quantitative estimate of drug-likeness (QED) is 0.639. The van der Waals surface area contributed by atoms with Crippen molar-refractivity contribution in [3.8, 4) is 0 Å².